The van der Waals surface area contributed by atoms with Crippen molar-refractivity contribution in [3.63, 3.8) is 0 Å². The molecule has 0 aromatic rings. The van der Waals surface area contributed by atoms with Gasteiger partial charge in [0, 0.05) is 12.8 Å². The molecule has 0 fully saturated rings. The van der Waals surface area contributed by atoms with Gasteiger partial charge in [0.15, 0.2) is 0 Å². The van der Waals surface area contributed by atoms with Crippen molar-refractivity contribution in [2.24, 2.45) is 0 Å². The number of carbonyl (C=O) groups is 2. The molecule has 0 aliphatic carbocycles. The summed E-state index contributed by atoms with van der Waals surface area (Å²) in [5, 5.41) is 23.3. The largest absolute Gasteiger partial charge is 0.466 e. The van der Waals surface area contributed by atoms with Crippen molar-refractivity contribution in [1.82, 2.24) is 5.32 Å². The second-order valence-corrected chi connectivity index (χ2v) is 25.6. The molecule has 2 unspecified atom stereocenters. The average molecular weight is 1140 g/mol. The fraction of sp³-hybridized carbons (Fsp3) is 0.920. The number of aliphatic hydroxyl groups is 2. The summed E-state index contributed by atoms with van der Waals surface area (Å²) in [5.41, 5.74) is 0. The summed E-state index contributed by atoms with van der Waals surface area (Å²) in [6.07, 6.45) is 89.7. The minimum absolute atomic E-state index is 0.0135. The van der Waals surface area contributed by atoms with Crippen LogP contribution in [0.25, 0.3) is 0 Å². The fourth-order valence-electron chi connectivity index (χ4n) is 11.8. The Morgan fingerprint density at radius 2 is 0.580 bits per heavy atom. The zero-order chi connectivity index (χ0) is 58.5. The Morgan fingerprint density at radius 1 is 0.333 bits per heavy atom. The highest BCUT2D eigenvalue weighted by Crippen LogP contribution is 2.19. The van der Waals surface area contributed by atoms with Gasteiger partial charge in [0.25, 0.3) is 0 Å². The molecule has 0 saturated carbocycles. The lowest BCUT2D eigenvalue weighted by molar-refractivity contribution is -0.143. The first-order valence-corrected chi connectivity index (χ1v) is 37.1. The van der Waals surface area contributed by atoms with Gasteiger partial charge >= 0.3 is 5.97 Å². The number of amides is 1. The van der Waals surface area contributed by atoms with E-state index in [0.717, 1.165) is 44.9 Å². The van der Waals surface area contributed by atoms with Crippen molar-refractivity contribution in [2.45, 2.75) is 431 Å². The highest BCUT2D eigenvalue weighted by molar-refractivity contribution is 5.76. The third-order valence-electron chi connectivity index (χ3n) is 17.5. The van der Waals surface area contributed by atoms with Gasteiger partial charge in [-0.2, -0.15) is 0 Å². The zero-order valence-electron chi connectivity index (χ0n) is 55.0. The normalized spacial score (nSPS) is 12.6. The van der Waals surface area contributed by atoms with E-state index in [9.17, 15) is 19.8 Å². The van der Waals surface area contributed by atoms with Gasteiger partial charge in [0.2, 0.25) is 5.91 Å². The molecule has 0 radical (unpaired) electrons. The quantitative estimate of drug-likeness (QED) is 0.0320. The van der Waals surface area contributed by atoms with Gasteiger partial charge in [-0.05, 0) is 77.0 Å². The van der Waals surface area contributed by atoms with Crippen molar-refractivity contribution in [2.75, 3.05) is 13.2 Å². The van der Waals surface area contributed by atoms with Crippen LogP contribution in [0.2, 0.25) is 0 Å². The third kappa shape index (κ3) is 67.3. The smallest absolute Gasteiger partial charge is 0.305 e. The maximum Gasteiger partial charge on any atom is 0.305 e. The number of hydrogen-bond acceptors (Lipinski definition) is 5. The first-order valence-electron chi connectivity index (χ1n) is 37.1. The van der Waals surface area contributed by atoms with E-state index in [1.165, 1.54) is 340 Å². The van der Waals surface area contributed by atoms with Crippen LogP contribution in [-0.4, -0.2) is 47.4 Å². The van der Waals surface area contributed by atoms with Gasteiger partial charge in [0.05, 0.1) is 25.4 Å². The van der Waals surface area contributed by atoms with Crippen LogP contribution in [0.4, 0.5) is 0 Å². The van der Waals surface area contributed by atoms with Crippen LogP contribution >= 0.6 is 0 Å². The van der Waals surface area contributed by atoms with Gasteiger partial charge < -0.3 is 20.3 Å². The SMILES string of the molecule is CCCCCCC/C=C\CCCCCCCC(=O)OCCCCCCCCCCCCCCCCCC/C=C\CCCCCCCCCCCCCCCCCCCC(=O)NC(CO)C(O)CCCCCCCCCCCCCCC. The second-order valence-electron chi connectivity index (χ2n) is 25.6. The van der Waals surface area contributed by atoms with Crippen LogP contribution in [0.15, 0.2) is 24.3 Å². The Hall–Kier alpha value is -1.66. The second kappa shape index (κ2) is 70.8. The Bertz CT molecular complexity index is 1270. The lowest BCUT2D eigenvalue weighted by Gasteiger charge is -2.22. The van der Waals surface area contributed by atoms with E-state index in [4.69, 9.17) is 4.74 Å². The topological polar surface area (TPSA) is 95.9 Å². The number of hydrogen-bond donors (Lipinski definition) is 3. The van der Waals surface area contributed by atoms with Crippen molar-refractivity contribution < 1.29 is 24.5 Å². The molecule has 6 heteroatoms. The van der Waals surface area contributed by atoms with Crippen molar-refractivity contribution in [3.05, 3.63) is 24.3 Å². The molecule has 0 saturated heterocycles. The fourth-order valence-corrected chi connectivity index (χ4v) is 11.8. The first-order chi connectivity index (χ1) is 40.0. The molecule has 0 aliphatic heterocycles. The number of esters is 1. The van der Waals surface area contributed by atoms with E-state index >= 15 is 0 Å². The predicted molar refractivity (Wildman–Crippen MR) is 356 cm³/mol. The van der Waals surface area contributed by atoms with Crippen LogP contribution in [0.1, 0.15) is 418 Å². The molecular formula is C75H145NO5. The summed E-state index contributed by atoms with van der Waals surface area (Å²) in [6, 6.07) is -0.537. The number of unbranched alkanes of at least 4 members (excludes halogenated alkanes) is 55. The maximum atomic E-state index is 12.5. The molecular weight excluding hydrogens is 995 g/mol. The molecule has 3 N–H and O–H groups in total. The summed E-state index contributed by atoms with van der Waals surface area (Å²) in [6.45, 7) is 4.97. The van der Waals surface area contributed by atoms with Gasteiger partial charge in [-0.15, -0.1) is 0 Å². The predicted octanol–water partition coefficient (Wildman–Crippen LogP) is 24.1. The molecule has 0 bridgehead atoms. The highest BCUT2D eigenvalue weighted by Gasteiger charge is 2.20. The molecule has 6 nitrogen and oxygen atoms in total. The molecule has 0 rings (SSSR count). The molecule has 0 heterocycles. The first kappa shape index (κ1) is 79.3. The highest BCUT2D eigenvalue weighted by atomic mass is 16.5. The number of ether oxygens (including phenoxy) is 1. The van der Waals surface area contributed by atoms with E-state index in [1.54, 1.807) is 0 Å². The number of aliphatic hydroxyl groups excluding tert-OH is 2. The van der Waals surface area contributed by atoms with Crippen LogP contribution in [0.5, 0.6) is 0 Å². The molecule has 1 amide bonds. The molecule has 0 aromatic carbocycles. The van der Waals surface area contributed by atoms with Crippen molar-refractivity contribution in [3.8, 4) is 0 Å². The van der Waals surface area contributed by atoms with Crippen molar-refractivity contribution in [1.29, 1.82) is 0 Å². The van der Waals surface area contributed by atoms with Crippen LogP contribution < -0.4 is 5.32 Å². The molecule has 0 spiro atoms. The van der Waals surface area contributed by atoms with E-state index in [2.05, 4.69) is 43.5 Å². The lowest BCUT2D eigenvalue weighted by atomic mass is 10.0. The van der Waals surface area contributed by atoms with E-state index in [0.29, 0.717) is 25.9 Å². The number of carbonyl (C=O) groups excluding carboxylic acids is 2. The maximum absolute atomic E-state index is 12.5. The Labute approximate surface area is 507 Å². The Kier molecular flexibility index (Phi) is 69.4. The number of nitrogens with one attached hydrogen (secondary N) is 1. The minimum Gasteiger partial charge on any atom is -0.466 e. The molecule has 81 heavy (non-hydrogen) atoms. The summed E-state index contributed by atoms with van der Waals surface area (Å²) >= 11 is 0. The third-order valence-corrected chi connectivity index (χ3v) is 17.5. The Morgan fingerprint density at radius 3 is 0.877 bits per heavy atom. The molecule has 2 atom stereocenters. The Balaban J connectivity index is 3.31. The van der Waals surface area contributed by atoms with Crippen LogP contribution in [-0.2, 0) is 14.3 Å². The number of rotatable bonds is 70. The summed E-state index contributed by atoms with van der Waals surface area (Å²) in [5.74, 6) is -0.0152. The van der Waals surface area contributed by atoms with Gasteiger partial charge in [0.1, 0.15) is 0 Å². The average Bonchev–Trinajstić information content (AvgIpc) is 3.47. The molecule has 480 valence electrons. The van der Waals surface area contributed by atoms with Crippen molar-refractivity contribution >= 4 is 11.9 Å². The van der Waals surface area contributed by atoms with Crippen LogP contribution in [0.3, 0.4) is 0 Å². The summed E-state index contributed by atoms with van der Waals surface area (Å²) in [4.78, 5) is 24.6. The summed E-state index contributed by atoms with van der Waals surface area (Å²) < 4.78 is 5.49. The minimum atomic E-state index is -0.660. The van der Waals surface area contributed by atoms with Crippen LogP contribution in [0, 0.1) is 0 Å². The standard InChI is InChI=1S/C75H145NO5/c1-3-5-7-9-11-13-15-17-45-49-53-57-61-65-69-75(80)81-70-66-62-58-54-50-46-42-40-38-36-34-32-30-28-26-24-22-20-18-19-21-23-25-27-29-31-33-35-37-39-41-44-48-52-56-60-64-68-74(79)76-72(71-77)73(78)67-63-59-55-51-47-43-16-14-12-10-8-6-4-2/h15,17-18,20,72-73,77-78H,3-14,16,19,21-71H2,1-2H3,(H,76,79)/b17-15-,20-18-. The van der Waals surface area contributed by atoms with E-state index in [1.807, 2.05) is 0 Å². The van der Waals surface area contributed by atoms with E-state index < -0.39 is 12.1 Å². The zero-order valence-corrected chi connectivity index (χ0v) is 55.0. The van der Waals surface area contributed by atoms with Gasteiger partial charge in [-0.1, -0.05) is 353 Å². The molecule has 0 aliphatic rings. The van der Waals surface area contributed by atoms with E-state index in [-0.39, 0.29) is 18.5 Å². The lowest BCUT2D eigenvalue weighted by Crippen LogP contribution is -2.45. The summed E-state index contributed by atoms with van der Waals surface area (Å²) in [7, 11) is 0. The van der Waals surface area contributed by atoms with Gasteiger partial charge in [-0.25, -0.2) is 0 Å². The molecule has 0 aromatic heterocycles. The monoisotopic (exact) mass is 1140 g/mol. The van der Waals surface area contributed by atoms with Gasteiger partial charge in [-0.3, -0.25) is 9.59 Å². The number of allylic oxidation sites excluding steroid dienone is 4.